The number of ketones is 1. The van der Waals surface area contributed by atoms with E-state index in [-0.39, 0.29) is 62.2 Å². The molecule has 0 spiro atoms. The maximum absolute atomic E-state index is 15.1. The lowest BCUT2D eigenvalue weighted by molar-refractivity contribution is -0.157. The van der Waals surface area contributed by atoms with Gasteiger partial charge in [0.1, 0.15) is 54.4 Å². The number of hydrogen-bond acceptors (Lipinski definition) is 12. The number of rotatable bonds is 15. The summed E-state index contributed by atoms with van der Waals surface area (Å²) < 4.78 is 0. The molecular formula is C62H109N11O12. The van der Waals surface area contributed by atoms with Crippen molar-refractivity contribution >= 4 is 70.8 Å². The summed E-state index contributed by atoms with van der Waals surface area (Å²) in [6.45, 7) is 29.0. The van der Waals surface area contributed by atoms with Crippen LogP contribution in [0.5, 0.6) is 0 Å². The SMILES string of the molecule is C/C=C/C[C@@H](C)C(=O)C1C(=O)N[C@@H](CC)C(=O)N(C)CC(=O)N(C)[C@@H](CC(C)C)C(=O)N[C@@H](C(C)C)C(=O)N(C)[C@@H](CC(C)C)C(=O)NC(C)C(=O)N[C@H](C)C(=O)N(C)[C@@H](CC(C)C)C(=O)N(C)[C@@H](CC(C)C)C(=O)N(C)[C@@H](C(C)C)C(=O)N1C. The van der Waals surface area contributed by atoms with Crippen LogP contribution in [0.1, 0.15) is 156 Å². The van der Waals surface area contributed by atoms with E-state index in [9.17, 15) is 47.9 Å². The molecule has 1 aliphatic rings. The number of allylic oxidation sites excluding steroid dienone is 2. The number of nitrogens with zero attached hydrogens (tertiary/aromatic N) is 7. The van der Waals surface area contributed by atoms with E-state index in [0.29, 0.717) is 0 Å². The van der Waals surface area contributed by atoms with E-state index in [0.717, 1.165) is 9.80 Å². The molecule has 2 unspecified atom stereocenters. The minimum absolute atomic E-state index is 0.00680. The van der Waals surface area contributed by atoms with Crippen LogP contribution in [0.25, 0.3) is 0 Å². The van der Waals surface area contributed by atoms with Gasteiger partial charge in [-0.3, -0.25) is 57.5 Å². The molecule has 0 aliphatic carbocycles. The molecule has 1 fully saturated rings. The topological polar surface area (TPSA) is 276 Å². The molecule has 23 nitrogen and oxygen atoms in total. The van der Waals surface area contributed by atoms with Gasteiger partial charge in [0, 0.05) is 55.3 Å². The maximum atomic E-state index is 15.1. The third-order valence-corrected chi connectivity index (χ3v) is 15.9. The molecule has 0 radical (unpaired) electrons. The maximum Gasteiger partial charge on any atom is 0.251 e. The zero-order chi connectivity index (χ0) is 66.0. The van der Waals surface area contributed by atoms with Gasteiger partial charge in [0.15, 0.2) is 11.8 Å². The second-order valence-corrected chi connectivity index (χ2v) is 25.9. The Balaban J connectivity index is 4.32. The fraction of sp³-hybridized carbons (Fsp3) is 0.774. The van der Waals surface area contributed by atoms with Crippen LogP contribution in [-0.4, -0.2) is 221 Å². The summed E-state index contributed by atoms with van der Waals surface area (Å²) >= 11 is 0. The highest BCUT2D eigenvalue weighted by atomic mass is 16.2. The van der Waals surface area contributed by atoms with Gasteiger partial charge in [-0.15, -0.1) is 0 Å². The predicted octanol–water partition coefficient (Wildman–Crippen LogP) is 3.48. The van der Waals surface area contributed by atoms with E-state index in [1.807, 2.05) is 55.4 Å². The van der Waals surface area contributed by atoms with Crippen LogP contribution in [0.15, 0.2) is 12.2 Å². The van der Waals surface area contributed by atoms with Crippen molar-refractivity contribution in [2.45, 2.75) is 217 Å². The van der Waals surface area contributed by atoms with Gasteiger partial charge >= 0.3 is 0 Å². The normalized spacial score (nSPS) is 26.5. The van der Waals surface area contributed by atoms with Crippen LogP contribution >= 0.6 is 0 Å². The molecule has 85 heavy (non-hydrogen) atoms. The average molecular weight is 1200 g/mol. The molecule has 1 saturated heterocycles. The van der Waals surface area contributed by atoms with Crippen LogP contribution in [0, 0.1) is 41.4 Å². The minimum Gasteiger partial charge on any atom is -0.343 e. The first kappa shape index (κ1) is 76.6. The Labute approximate surface area is 508 Å². The summed E-state index contributed by atoms with van der Waals surface area (Å²) in [4.78, 5) is 183. The number of hydrogen-bond donors (Lipinski definition) is 4. The Morgan fingerprint density at radius 1 is 0.471 bits per heavy atom. The molecule has 1 rings (SSSR count). The summed E-state index contributed by atoms with van der Waals surface area (Å²) in [5.41, 5.74) is 0. The molecule has 1 heterocycles. The highest BCUT2D eigenvalue weighted by Crippen LogP contribution is 2.25. The summed E-state index contributed by atoms with van der Waals surface area (Å²) in [5, 5.41) is 10.9. The lowest BCUT2D eigenvalue weighted by Crippen LogP contribution is -2.63. The Kier molecular flexibility index (Phi) is 31.2. The zero-order valence-electron chi connectivity index (χ0n) is 55.9. The molecule has 11 atom stereocenters. The molecule has 4 N–H and O–H groups in total. The number of carbonyl (C=O) groups is 12. The summed E-state index contributed by atoms with van der Waals surface area (Å²) in [7, 11) is 9.78. The molecule has 23 heteroatoms. The number of carbonyl (C=O) groups excluding carboxylic acids is 12. The first-order chi connectivity index (χ1) is 39.2. The smallest absolute Gasteiger partial charge is 0.251 e. The first-order valence-corrected chi connectivity index (χ1v) is 30.4. The van der Waals surface area contributed by atoms with Gasteiger partial charge in [-0.2, -0.15) is 0 Å². The number of Topliss-reactive ketones (excluding diaryl/α,β-unsaturated/α-hetero) is 1. The second-order valence-electron chi connectivity index (χ2n) is 25.9. The van der Waals surface area contributed by atoms with Gasteiger partial charge in [-0.05, 0) is 94.8 Å². The quantitative estimate of drug-likeness (QED) is 0.136. The van der Waals surface area contributed by atoms with E-state index in [4.69, 9.17) is 0 Å². The first-order valence-electron chi connectivity index (χ1n) is 30.4. The van der Waals surface area contributed by atoms with Crippen LogP contribution in [0.2, 0.25) is 0 Å². The van der Waals surface area contributed by atoms with Crippen LogP contribution in [0.3, 0.4) is 0 Å². The van der Waals surface area contributed by atoms with Crippen molar-refractivity contribution in [1.29, 1.82) is 0 Å². The van der Waals surface area contributed by atoms with Crippen molar-refractivity contribution in [2.75, 3.05) is 55.9 Å². The highest BCUT2D eigenvalue weighted by molar-refractivity contribution is 6.10. The van der Waals surface area contributed by atoms with Crippen LogP contribution < -0.4 is 21.3 Å². The molecule has 484 valence electrons. The van der Waals surface area contributed by atoms with Crippen molar-refractivity contribution in [3.05, 3.63) is 12.2 Å². The van der Waals surface area contributed by atoms with Crippen molar-refractivity contribution in [3.8, 4) is 0 Å². The summed E-state index contributed by atoms with van der Waals surface area (Å²) in [5.74, 6) is -10.9. The van der Waals surface area contributed by atoms with Gasteiger partial charge in [0.2, 0.25) is 59.1 Å². The number of amides is 11. The number of nitrogens with one attached hydrogen (secondary N) is 4. The Morgan fingerprint density at radius 2 is 0.894 bits per heavy atom. The molecule has 11 amide bonds. The standard InChI is InChI=1S/C62H109N11O12/c1-25-27-28-40(15)52(75)51-56(79)65-43(26-2)58(81)67(18)33-48(74)68(19)44(29-34(3)4)55(78)66-49(38(11)12)61(84)69(20)45(30-35(5)6)54(77)63-41(16)53(76)64-42(17)57(80)70(21)46(31-36(7)8)59(82)71(22)47(32-37(9)10)60(83)72(23)50(39(13)14)62(85)73(51)24/h25,27,34-47,49-51H,26,28-33H2,1-24H3,(H,63,77)(H,64,76)(H,65,79)(H,66,78)/b27-25+/t40-,41?,42-,43+,44+,45+,46+,47+,49+,50+,51?/m1/s1. The lowest BCUT2D eigenvalue weighted by atomic mass is 9.92. The highest BCUT2D eigenvalue weighted by Gasteiger charge is 2.45. The van der Waals surface area contributed by atoms with Crippen LogP contribution in [0.4, 0.5) is 0 Å². The molecular weight excluding hydrogens is 1090 g/mol. The van der Waals surface area contributed by atoms with Crippen LogP contribution in [-0.2, 0) is 57.5 Å². The van der Waals surface area contributed by atoms with E-state index < -0.39 is 155 Å². The predicted molar refractivity (Wildman–Crippen MR) is 327 cm³/mol. The molecule has 0 aromatic heterocycles. The zero-order valence-corrected chi connectivity index (χ0v) is 55.9. The third-order valence-electron chi connectivity index (χ3n) is 15.9. The van der Waals surface area contributed by atoms with Crippen molar-refractivity contribution in [1.82, 2.24) is 55.6 Å². The fourth-order valence-electron chi connectivity index (χ4n) is 10.5. The minimum atomic E-state index is -1.80. The lowest BCUT2D eigenvalue weighted by Gasteiger charge is -2.40. The second kappa shape index (κ2) is 34.7. The molecule has 0 bridgehead atoms. The van der Waals surface area contributed by atoms with Gasteiger partial charge in [0.25, 0.3) is 5.91 Å². The molecule has 0 aromatic rings. The molecule has 0 aromatic carbocycles. The van der Waals surface area contributed by atoms with Crippen molar-refractivity contribution in [2.24, 2.45) is 41.4 Å². The van der Waals surface area contributed by atoms with Gasteiger partial charge in [0.05, 0.1) is 6.54 Å². The summed E-state index contributed by atoms with van der Waals surface area (Å²) in [6.07, 6.45) is 4.28. The Morgan fingerprint density at radius 3 is 1.34 bits per heavy atom. The summed E-state index contributed by atoms with van der Waals surface area (Å²) in [6, 6.07) is -12.7. The van der Waals surface area contributed by atoms with E-state index in [2.05, 4.69) is 21.3 Å². The van der Waals surface area contributed by atoms with Crippen molar-refractivity contribution < 1.29 is 57.5 Å². The van der Waals surface area contributed by atoms with E-state index in [1.165, 1.54) is 87.7 Å². The van der Waals surface area contributed by atoms with Gasteiger partial charge < -0.3 is 55.6 Å². The third kappa shape index (κ3) is 21.5. The monoisotopic (exact) mass is 1200 g/mol. The van der Waals surface area contributed by atoms with Crippen molar-refractivity contribution in [3.63, 3.8) is 0 Å². The van der Waals surface area contributed by atoms with E-state index >= 15 is 9.59 Å². The van der Waals surface area contributed by atoms with Gasteiger partial charge in [-0.25, -0.2) is 0 Å². The number of likely N-dealkylation sites (N-methyl/N-ethyl adjacent to an activating group) is 7. The molecule has 0 saturated carbocycles. The van der Waals surface area contributed by atoms with Gasteiger partial charge in [-0.1, -0.05) is 109 Å². The fourth-order valence-corrected chi connectivity index (χ4v) is 10.5. The average Bonchev–Trinajstić information content (AvgIpc) is 3.62. The van der Waals surface area contributed by atoms with E-state index in [1.54, 1.807) is 60.6 Å². The molecule has 1 aliphatic heterocycles. The largest absolute Gasteiger partial charge is 0.343 e. The Hall–Kier alpha value is -6.42. The Bertz CT molecular complexity index is 2370.